The number of sulfone groups is 1. The van der Waals surface area contributed by atoms with Crippen molar-refractivity contribution in [2.24, 2.45) is 0 Å². The second-order valence-corrected chi connectivity index (χ2v) is 8.59. The lowest BCUT2D eigenvalue weighted by Crippen LogP contribution is -2.10. The number of aryl methyl sites for hydroxylation is 1. The van der Waals surface area contributed by atoms with E-state index in [4.69, 9.17) is 8.83 Å². The minimum Gasteiger partial charge on any atom is -0.459 e. The SMILES string of the molecule is Cc1ccc(S(=O)(=O)c2nc(-c3ccco3)oc2N[C@H](C)c2ccccc2)cc1. The zero-order valence-electron chi connectivity index (χ0n) is 16.0. The third-order valence-electron chi connectivity index (χ3n) is 4.56. The maximum Gasteiger partial charge on any atom is 0.266 e. The summed E-state index contributed by atoms with van der Waals surface area (Å²) < 4.78 is 37.7. The van der Waals surface area contributed by atoms with Crippen LogP contribution in [0.1, 0.15) is 24.1 Å². The van der Waals surface area contributed by atoms with E-state index in [0.29, 0.717) is 5.76 Å². The van der Waals surface area contributed by atoms with Crippen LogP contribution in [0.3, 0.4) is 0 Å². The summed E-state index contributed by atoms with van der Waals surface area (Å²) in [6.45, 7) is 3.82. The van der Waals surface area contributed by atoms with Crippen molar-refractivity contribution in [1.82, 2.24) is 4.98 Å². The van der Waals surface area contributed by atoms with E-state index in [-0.39, 0.29) is 27.7 Å². The van der Waals surface area contributed by atoms with Gasteiger partial charge in [0.25, 0.3) is 5.89 Å². The third kappa shape index (κ3) is 3.82. The van der Waals surface area contributed by atoms with Crippen LogP contribution in [-0.2, 0) is 9.84 Å². The summed E-state index contributed by atoms with van der Waals surface area (Å²) in [6, 6.07) is 19.5. The first-order valence-electron chi connectivity index (χ1n) is 9.13. The number of nitrogens with zero attached hydrogens (tertiary/aromatic N) is 1. The summed E-state index contributed by atoms with van der Waals surface area (Å²) in [7, 11) is -3.89. The Morgan fingerprint density at radius 3 is 2.34 bits per heavy atom. The Kier molecular flexibility index (Phi) is 4.98. The quantitative estimate of drug-likeness (QED) is 0.469. The smallest absolute Gasteiger partial charge is 0.266 e. The second-order valence-electron chi connectivity index (χ2n) is 6.72. The first kappa shape index (κ1) is 19.0. The average Bonchev–Trinajstić information content (AvgIpc) is 3.39. The van der Waals surface area contributed by atoms with E-state index in [0.717, 1.165) is 11.1 Å². The van der Waals surface area contributed by atoms with Gasteiger partial charge in [-0.25, -0.2) is 8.42 Å². The summed E-state index contributed by atoms with van der Waals surface area (Å²) in [5.41, 5.74) is 1.96. The first-order valence-corrected chi connectivity index (χ1v) is 10.6. The van der Waals surface area contributed by atoms with Crippen LogP contribution in [0.25, 0.3) is 11.7 Å². The molecule has 0 aliphatic rings. The molecule has 4 rings (SSSR count). The lowest BCUT2D eigenvalue weighted by Gasteiger charge is -2.14. The van der Waals surface area contributed by atoms with Crippen molar-refractivity contribution in [3.63, 3.8) is 0 Å². The average molecular weight is 408 g/mol. The summed E-state index contributed by atoms with van der Waals surface area (Å²) in [5, 5.41) is 2.98. The molecule has 29 heavy (non-hydrogen) atoms. The van der Waals surface area contributed by atoms with Crippen molar-refractivity contribution in [3.05, 3.63) is 84.1 Å². The standard InChI is InChI=1S/C22H20N2O4S/c1-15-10-12-18(13-11-15)29(25,26)22-21(23-16(2)17-7-4-3-5-8-17)28-20(24-22)19-9-6-14-27-19/h3-14,16,23H,1-2H3/t16-/m1/s1. The highest BCUT2D eigenvalue weighted by atomic mass is 32.2. The van der Waals surface area contributed by atoms with E-state index in [2.05, 4.69) is 10.3 Å². The molecule has 6 nitrogen and oxygen atoms in total. The molecular weight excluding hydrogens is 388 g/mol. The summed E-state index contributed by atoms with van der Waals surface area (Å²) in [6.07, 6.45) is 1.48. The summed E-state index contributed by atoms with van der Waals surface area (Å²) in [4.78, 5) is 4.41. The van der Waals surface area contributed by atoms with Crippen LogP contribution in [0.15, 0.2) is 91.7 Å². The van der Waals surface area contributed by atoms with Crippen LogP contribution in [0.4, 0.5) is 5.88 Å². The Labute approximate surface area is 169 Å². The van der Waals surface area contributed by atoms with Gasteiger partial charge in [0.15, 0.2) is 5.76 Å². The molecule has 0 saturated carbocycles. The lowest BCUT2D eigenvalue weighted by atomic mass is 10.1. The van der Waals surface area contributed by atoms with Gasteiger partial charge < -0.3 is 14.2 Å². The van der Waals surface area contributed by atoms with Crippen LogP contribution in [0, 0.1) is 6.92 Å². The Morgan fingerprint density at radius 2 is 1.69 bits per heavy atom. The van der Waals surface area contributed by atoms with Crippen LogP contribution in [0.5, 0.6) is 0 Å². The molecule has 1 N–H and O–H groups in total. The number of benzene rings is 2. The molecule has 7 heteroatoms. The Hall–Kier alpha value is -3.32. The highest BCUT2D eigenvalue weighted by molar-refractivity contribution is 7.91. The predicted molar refractivity (Wildman–Crippen MR) is 109 cm³/mol. The van der Waals surface area contributed by atoms with Gasteiger partial charge in [-0.15, -0.1) is 0 Å². The number of hydrogen-bond donors (Lipinski definition) is 1. The molecular formula is C22H20N2O4S. The Balaban J connectivity index is 1.78. The molecule has 2 heterocycles. The predicted octanol–water partition coefficient (Wildman–Crippen LogP) is 5.25. The minimum atomic E-state index is -3.89. The zero-order valence-corrected chi connectivity index (χ0v) is 16.8. The highest BCUT2D eigenvalue weighted by Crippen LogP contribution is 2.34. The van der Waals surface area contributed by atoms with Crippen molar-refractivity contribution in [3.8, 4) is 11.7 Å². The molecule has 0 bridgehead atoms. The van der Waals surface area contributed by atoms with Gasteiger partial charge in [-0.2, -0.15) is 4.98 Å². The van der Waals surface area contributed by atoms with Gasteiger partial charge in [0.2, 0.25) is 20.7 Å². The maximum atomic E-state index is 13.3. The number of rotatable bonds is 6. The lowest BCUT2D eigenvalue weighted by molar-refractivity contribution is 0.520. The topological polar surface area (TPSA) is 85.3 Å². The Morgan fingerprint density at radius 1 is 0.966 bits per heavy atom. The molecule has 0 unspecified atom stereocenters. The van der Waals surface area contributed by atoms with E-state index >= 15 is 0 Å². The molecule has 0 aliphatic heterocycles. The molecule has 4 aromatic rings. The maximum absolute atomic E-state index is 13.3. The molecule has 2 aromatic heterocycles. The molecule has 1 atom stereocenters. The highest BCUT2D eigenvalue weighted by Gasteiger charge is 2.30. The molecule has 2 aromatic carbocycles. The van der Waals surface area contributed by atoms with Gasteiger partial charge in [-0.05, 0) is 43.7 Å². The van der Waals surface area contributed by atoms with Crippen molar-refractivity contribution in [1.29, 1.82) is 0 Å². The van der Waals surface area contributed by atoms with Gasteiger partial charge in [0.05, 0.1) is 17.2 Å². The van der Waals surface area contributed by atoms with Crippen LogP contribution in [-0.4, -0.2) is 13.4 Å². The van der Waals surface area contributed by atoms with Crippen molar-refractivity contribution >= 4 is 15.7 Å². The fraction of sp³-hybridized carbons (Fsp3) is 0.136. The molecule has 0 amide bonds. The fourth-order valence-corrected chi connectivity index (χ4v) is 4.20. The van der Waals surface area contributed by atoms with E-state index in [1.54, 1.807) is 36.4 Å². The number of oxazole rings is 1. The largest absolute Gasteiger partial charge is 0.459 e. The number of anilines is 1. The number of nitrogens with one attached hydrogen (secondary N) is 1. The van der Waals surface area contributed by atoms with Gasteiger partial charge in [-0.1, -0.05) is 48.0 Å². The van der Waals surface area contributed by atoms with Gasteiger partial charge in [-0.3, -0.25) is 0 Å². The Bertz CT molecular complexity index is 1200. The minimum absolute atomic E-state index is 0.0772. The van der Waals surface area contributed by atoms with Gasteiger partial charge in [0.1, 0.15) is 0 Å². The first-order chi connectivity index (χ1) is 13.9. The summed E-state index contributed by atoms with van der Waals surface area (Å²) >= 11 is 0. The third-order valence-corrected chi connectivity index (χ3v) is 6.24. The second kappa shape index (κ2) is 7.60. The number of furan rings is 1. The molecule has 0 aliphatic carbocycles. The molecule has 148 valence electrons. The summed E-state index contributed by atoms with van der Waals surface area (Å²) in [5.74, 6) is 0.530. The zero-order chi connectivity index (χ0) is 20.4. The normalized spacial score (nSPS) is 12.6. The van der Waals surface area contributed by atoms with Crippen molar-refractivity contribution in [2.45, 2.75) is 29.8 Å². The fourth-order valence-electron chi connectivity index (χ4n) is 2.94. The van der Waals surface area contributed by atoms with Crippen molar-refractivity contribution < 1.29 is 17.3 Å². The monoisotopic (exact) mass is 408 g/mol. The van der Waals surface area contributed by atoms with Crippen LogP contribution in [0.2, 0.25) is 0 Å². The number of hydrogen-bond acceptors (Lipinski definition) is 6. The molecule has 0 spiro atoms. The van der Waals surface area contributed by atoms with Crippen LogP contribution >= 0.6 is 0 Å². The molecule has 0 radical (unpaired) electrons. The molecule has 0 saturated heterocycles. The van der Waals surface area contributed by atoms with Crippen molar-refractivity contribution in [2.75, 3.05) is 5.32 Å². The van der Waals surface area contributed by atoms with E-state index in [1.807, 2.05) is 44.2 Å². The van der Waals surface area contributed by atoms with E-state index < -0.39 is 9.84 Å². The molecule has 0 fully saturated rings. The van der Waals surface area contributed by atoms with E-state index in [1.165, 1.54) is 6.26 Å². The van der Waals surface area contributed by atoms with Gasteiger partial charge in [0, 0.05) is 0 Å². The van der Waals surface area contributed by atoms with Gasteiger partial charge >= 0.3 is 0 Å². The number of aromatic nitrogens is 1. The van der Waals surface area contributed by atoms with E-state index in [9.17, 15) is 8.42 Å². The van der Waals surface area contributed by atoms with Crippen LogP contribution < -0.4 is 5.32 Å².